The summed E-state index contributed by atoms with van der Waals surface area (Å²) in [6, 6.07) is 4.65. The number of aromatic hydroxyl groups is 2. The quantitative estimate of drug-likeness (QED) is 0.117. The summed E-state index contributed by atoms with van der Waals surface area (Å²) in [5, 5.41) is 21.5. The maximum Gasteiger partial charge on any atom is 0.243 e. The number of rotatable bonds is 16. The molecule has 0 aliphatic carbocycles. The predicted octanol–water partition coefficient (Wildman–Crippen LogP) is 6.68. The fraction of sp³-hybridized carbons (Fsp3) is 0.393. The maximum absolute atomic E-state index is 11.8. The SMILES string of the molecule is CCCCCCCCC/C=C/C=C/C=C/C=C/C=C/C(=O)NCCc1ccc(O)c(O)c1. The largest absolute Gasteiger partial charge is 0.504 e. The lowest BCUT2D eigenvalue weighted by molar-refractivity contribution is -0.116. The Hall–Kier alpha value is -3.01. The molecule has 32 heavy (non-hydrogen) atoms. The predicted molar refractivity (Wildman–Crippen MR) is 135 cm³/mol. The third-order valence-corrected chi connectivity index (χ3v) is 4.89. The van der Waals surface area contributed by atoms with Crippen LogP contribution in [0.15, 0.2) is 79.0 Å². The van der Waals surface area contributed by atoms with Gasteiger partial charge in [-0.2, -0.15) is 0 Å². The Morgan fingerprint density at radius 3 is 2.12 bits per heavy atom. The monoisotopic (exact) mass is 437 g/mol. The minimum absolute atomic E-state index is 0.146. The molecule has 4 heteroatoms. The van der Waals surface area contributed by atoms with Gasteiger partial charge in [0.2, 0.25) is 5.91 Å². The van der Waals surface area contributed by atoms with E-state index < -0.39 is 0 Å². The second kappa shape index (κ2) is 18.7. The summed E-state index contributed by atoms with van der Waals surface area (Å²) < 4.78 is 0. The molecule has 4 nitrogen and oxygen atoms in total. The van der Waals surface area contributed by atoms with Gasteiger partial charge in [0.25, 0.3) is 0 Å². The van der Waals surface area contributed by atoms with Crippen LogP contribution in [0, 0.1) is 0 Å². The Bertz CT molecular complexity index is 788. The van der Waals surface area contributed by atoms with Crippen LogP contribution in [0.2, 0.25) is 0 Å². The van der Waals surface area contributed by atoms with Gasteiger partial charge in [0, 0.05) is 12.6 Å². The molecule has 0 fully saturated rings. The number of benzene rings is 1. The molecule has 0 unspecified atom stereocenters. The number of phenols is 2. The fourth-order valence-corrected chi connectivity index (χ4v) is 3.04. The van der Waals surface area contributed by atoms with E-state index in [-0.39, 0.29) is 17.4 Å². The summed E-state index contributed by atoms with van der Waals surface area (Å²) in [6.07, 6.45) is 30.2. The molecule has 0 radical (unpaired) electrons. The second-order valence-electron chi connectivity index (χ2n) is 7.72. The third kappa shape index (κ3) is 14.9. The Kier molecular flexibility index (Phi) is 15.8. The van der Waals surface area contributed by atoms with Crippen molar-refractivity contribution in [2.45, 2.75) is 64.7 Å². The van der Waals surface area contributed by atoms with Crippen LogP contribution in [0.1, 0.15) is 63.9 Å². The zero-order valence-corrected chi connectivity index (χ0v) is 19.4. The lowest BCUT2D eigenvalue weighted by atomic mass is 10.1. The highest BCUT2D eigenvalue weighted by Crippen LogP contribution is 2.24. The van der Waals surface area contributed by atoms with E-state index in [1.165, 1.54) is 63.2 Å². The van der Waals surface area contributed by atoms with E-state index in [1.54, 1.807) is 18.2 Å². The van der Waals surface area contributed by atoms with Crippen LogP contribution in [0.4, 0.5) is 0 Å². The molecule has 0 saturated heterocycles. The normalized spacial score (nSPS) is 12.3. The number of carbonyl (C=O) groups is 1. The molecule has 1 aromatic rings. The first-order chi connectivity index (χ1) is 15.6. The highest BCUT2D eigenvalue weighted by molar-refractivity contribution is 5.87. The Labute approximate surface area is 193 Å². The number of hydrogen-bond acceptors (Lipinski definition) is 3. The molecule has 0 spiro atoms. The summed E-state index contributed by atoms with van der Waals surface area (Å²) in [5.74, 6) is -0.471. The van der Waals surface area contributed by atoms with Crippen molar-refractivity contribution in [1.29, 1.82) is 0 Å². The van der Waals surface area contributed by atoms with Crippen LogP contribution in [0.5, 0.6) is 11.5 Å². The summed E-state index contributed by atoms with van der Waals surface area (Å²) in [7, 11) is 0. The van der Waals surface area contributed by atoms with Gasteiger partial charge in [-0.05, 0) is 37.0 Å². The van der Waals surface area contributed by atoms with Crippen LogP contribution >= 0.6 is 0 Å². The van der Waals surface area contributed by atoms with E-state index >= 15 is 0 Å². The molecule has 174 valence electrons. The van der Waals surface area contributed by atoms with Gasteiger partial charge in [-0.15, -0.1) is 0 Å². The number of nitrogens with one attached hydrogen (secondary N) is 1. The van der Waals surface area contributed by atoms with Crippen LogP contribution in [-0.2, 0) is 11.2 Å². The molecule has 0 bridgehead atoms. The van der Waals surface area contributed by atoms with Gasteiger partial charge in [0.15, 0.2) is 11.5 Å². The van der Waals surface area contributed by atoms with E-state index in [1.807, 2.05) is 30.4 Å². The Morgan fingerprint density at radius 1 is 0.812 bits per heavy atom. The summed E-state index contributed by atoms with van der Waals surface area (Å²) in [5.41, 5.74) is 0.843. The molecule has 1 aromatic carbocycles. The Morgan fingerprint density at radius 2 is 1.44 bits per heavy atom. The smallest absolute Gasteiger partial charge is 0.243 e. The van der Waals surface area contributed by atoms with Crippen LogP contribution in [0.25, 0.3) is 0 Å². The molecule has 0 atom stereocenters. The highest BCUT2D eigenvalue weighted by Gasteiger charge is 2.01. The zero-order valence-electron chi connectivity index (χ0n) is 19.4. The summed E-state index contributed by atoms with van der Waals surface area (Å²) >= 11 is 0. The standard InChI is InChI=1S/C28H39NO3/c1-2-3-4-5-6-7-8-9-10-11-12-13-14-15-16-17-18-19-28(32)29-23-22-25-20-21-26(30)27(31)24-25/h10-21,24,30-31H,2-9,22-23H2,1H3,(H,29,32)/b11-10+,13-12+,15-14+,17-16+,19-18+. The number of hydrogen-bond donors (Lipinski definition) is 3. The first-order valence-corrected chi connectivity index (χ1v) is 11.8. The molecule has 1 amide bonds. The maximum atomic E-state index is 11.8. The minimum atomic E-state index is -0.173. The first kappa shape index (κ1) is 27.0. The summed E-state index contributed by atoms with van der Waals surface area (Å²) in [4.78, 5) is 11.8. The van der Waals surface area contributed by atoms with Crippen LogP contribution in [0.3, 0.4) is 0 Å². The van der Waals surface area contributed by atoms with Gasteiger partial charge in [-0.25, -0.2) is 0 Å². The topological polar surface area (TPSA) is 69.6 Å². The average molecular weight is 438 g/mol. The molecule has 0 saturated carbocycles. The fourth-order valence-electron chi connectivity index (χ4n) is 3.04. The van der Waals surface area contributed by atoms with Crippen LogP contribution in [-0.4, -0.2) is 22.7 Å². The van der Waals surface area contributed by atoms with Gasteiger partial charge in [-0.1, -0.05) is 106 Å². The zero-order chi connectivity index (χ0) is 23.3. The number of unbranched alkanes of at least 4 members (excludes halogenated alkanes) is 7. The molecule has 0 aliphatic rings. The Balaban J connectivity index is 2.07. The van der Waals surface area contributed by atoms with Crippen molar-refractivity contribution in [2.24, 2.45) is 0 Å². The van der Waals surface area contributed by atoms with Crippen molar-refractivity contribution in [2.75, 3.05) is 6.54 Å². The molecule has 0 aliphatic heterocycles. The van der Waals surface area contributed by atoms with E-state index in [0.29, 0.717) is 13.0 Å². The van der Waals surface area contributed by atoms with E-state index in [9.17, 15) is 15.0 Å². The number of phenolic OH excluding ortho intramolecular Hbond substituents is 2. The average Bonchev–Trinajstić information content (AvgIpc) is 2.78. The van der Waals surface area contributed by atoms with Crippen molar-refractivity contribution in [3.63, 3.8) is 0 Å². The van der Waals surface area contributed by atoms with Crippen molar-refractivity contribution < 1.29 is 15.0 Å². The van der Waals surface area contributed by atoms with E-state index in [0.717, 1.165) is 12.0 Å². The number of amides is 1. The number of carbonyl (C=O) groups excluding carboxylic acids is 1. The van der Waals surface area contributed by atoms with E-state index in [2.05, 4.69) is 24.4 Å². The minimum Gasteiger partial charge on any atom is -0.504 e. The van der Waals surface area contributed by atoms with Crippen molar-refractivity contribution >= 4 is 5.91 Å². The summed E-state index contributed by atoms with van der Waals surface area (Å²) in [6.45, 7) is 2.70. The van der Waals surface area contributed by atoms with Gasteiger partial charge in [0.1, 0.15) is 0 Å². The second-order valence-corrected chi connectivity index (χ2v) is 7.72. The van der Waals surface area contributed by atoms with Crippen molar-refractivity contribution in [3.8, 4) is 11.5 Å². The van der Waals surface area contributed by atoms with Crippen LogP contribution < -0.4 is 5.32 Å². The molecular formula is C28H39NO3. The highest BCUT2D eigenvalue weighted by atomic mass is 16.3. The third-order valence-electron chi connectivity index (χ3n) is 4.89. The molecule has 3 N–H and O–H groups in total. The molecule has 1 rings (SSSR count). The van der Waals surface area contributed by atoms with E-state index in [4.69, 9.17) is 0 Å². The lowest BCUT2D eigenvalue weighted by Crippen LogP contribution is -2.23. The van der Waals surface area contributed by atoms with Gasteiger partial charge in [-0.3, -0.25) is 4.79 Å². The van der Waals surface area contributed by atoms with Crippen molar-refractivity contribution in [3.05, 3.63) is 84.5 Å². The first-order valence-electron chi connectivity index (χ1n) is 11.8. The number of allylic oxidation sites excluding steroid dienone is 9. The van der Waals surface area contributed by atoms with Gasteiger partial charge in [0.05, 0.1) is 0 Å². The molecule has 0 heterocycles. The van der Waals surface area contributed by atoms with Gasteiger partial charge < -0.3 is 15.5 Å². The van der Waals surface area contributed by atoms with Gasteiger partial charge >= 0.3 is 0 Å². The van der Waals surface area contributed by atoms with Crippen molar-refractivity contribution in [1.82, 2.24) is 5.32 Å². The molecular weight excluding hydrogens is 398 g/mol. The molecule has 0 aromatic heterocycles. The lowest BCUT2D eigenvalue weighted by Gasteiger charge is -2.04.